The Labute approximate surface area is 161 Å². The van der Waals surface area contributed by atoms with Gasteiger partial charge in [-0.1, -0.05) is 35.3 Å². The van der Waals surface area contributed by atoms with Crippen LogP contribution in [0.25, 0.3) is 0 Å². The Morgan fingerprint density at radius 2 is 1.88 bits per heavy atom. The van der Waals surface area contributed by atoms with Crippen LogP contribution in [0.3, 0.4) is 0 Å². The van der Waals surface area contributed by atoms with Crippen molar-refractivity contribution in [3.63, 3.8) is 0 Å². The number of aromatic nitrogens is 4. The molecule has 2 heterocycles. The molecule has 0 bridgehead atoms. The van der Waals surface area contributed by atoms with Crippen molar-refractivity contribution in [2.24, 2.45) is 0 Å². The third-order valence-electron chi connectivity index (χ3n) is 4.15. The molecule has 0 aliphatic heterocycles. The van der Waals surface area contributed by atoms with Crippen molar-refractivity contribution in [1.29, 1.82) is 0 Å². The molecule has 0 fully saturated rings. The van der Waals surface area contributed by atoms with Gasteiger partial charge in [-0.25, -0.2) is 0 Å². The lowest BCUT2D eigenvalue weighted by Crippen LogP contribution is -2.40. The van der Waals surface area contributed by atoms with Crippen LogP contribution in [0.5, 0.6) is 0 Å². The molecule has 136 valence electrons. The molecule has 0 radical (unpaired) electrons. The molecule has 3 aromatic rings. The molecule has 2 aromatic heterocycles. The molecule has 0 spiro atoms. The van der Waals surface area contributed by atoms with Gasteiger partial charge in [0.05, 0.1) is 17.8 Å². The number of nitrogens with zero attached hydrogens (tertiary/aromatic N) is 4. The van der Waals surface area contributed by atoms with Crippen LogP contribution in [0.2, 0.25) is 10.0 Å². The number of hydrogen-bond acceptors (Lipinski definition) is 3. The van der Waals surface area contributed by atoms with E-state index in [4.69, 9.17) is 23.2 Å². The summed E-state index contributed by atoms with van der Waals surface area (Å²) in [5.74, 6) is 0.265. The average molecular weight is 392 g/mol. The number of anilines is 1. The van der Waals surface area contributed by atoms with Crippen LogP contribution in [-0.4, -0.2) is 25.5 Å². The van der Waals surface area contributed by atoms with E-state index in [1.54, 1.807) is 20.0 Å². The van der Waals surface area contributed by atoms with Gasteiger partial charge in [0.25, 0.3) is 5.91 Å². The third kappa shape index (κ3) is 3.92. The topological polar surface area (TPSA) is 64.7 Å². The zero-order valence-electron chi connectivity index (χ0n) is 14.7. The van der Waals surface area contributed by atoms with Gasteiger partial charge in [-0.3, -0.25) is 14.2 Å². The fourth-order valence-electron chi connectivity index (χ4n) is 2.47. The van der Waals surface area contributed by atoms with E-state index in [-0.39, 0.29) is 5.91 Å². The lowest BCUT2D eigenvalue weighted by Gasteiger charge is -2.23. The zero-order valence-corrected chi connectivity index (χ0v) is 16.2. The van der Waals surface area contributed by atoms with Crippen LogP contribution in [0.1, 0.15) is 25.1 Å². The van der Waals surface area contributed by atoms with Crippen molar-refractivity contribution < 1.29 is 4.79 Å². The fraction of sp³-hybridized carbons (Fsp3) is 0.278. The summed E-state index contributed by atoms with van der Waals surface area (Å²) in [5.41, 5.74) is 1.11. The minimum absolute atomic E-state index is 0.228. The Morgan fingerprint density at radius 3 is 2.50 bits per heavy atom. The number of amides is 1. The molecule has 0 atom stereocenters. The second-order valence-corrected chi connectivity index (χ2v) is 7.44. The van der Waals surface area contributed by atoms with E-state index >= 15 is 0 Å². The molecular formula is C18H19Cl2N5O. The minimum atomic E-state index is -0.902. The molecule has 1 amide bonds. The molecule has 26 heavy (non-hydrogen) atoms. The number of halogens is 2. The first-order valence-corrected chi connectivity index (χ1v) is 8.82. The highest BCUT2D eigenvalue weighted by Gasteiger charge is 2.31. The first-order chi connectivity index (χ1) is 12.3. The summed E-state index contributed by atoms with van der Waals surface area (Å²) in [6.45, 7) is 6.07. The number of hydrogen-bond donors (Lipinski definition) is 1. The number of carbonyl (C=O) groups excluding carboxylic acids is 1. The molecule has 0 saturated carbocycles. The molecule has 6 nitrogen and oxygen atoms in total. The summed E-state index contributed by atoms with van der Waals surface area (Å²) >= 11 is 11.8. The number of nitrogens with one attached hydrogen (secondary N) is 1. The molecular weight excluding hydrogens is 373 g/mol. The Hall–Kier alpha value is -2.31. The smallest absolute Gasteiger partial charge is 0.252 e. The largest absolute Gasteiger partial charge is 0.307 e. The summed E-state index contributed by atoms with van der Waals surface area (Å²) < 4.78 is 3.36. The molecule has 1 aromatic carbocycles. The van der Waals surface area contributed by atoms with Crippen molar-refractivity contribution >= 4 is 34.9 Å². The van der Waals surface area contributed by atoms with Gasteiger partial charge in [0.2, 0.25) is 0 Å². The van der Waals surface area contributed by atoms with Crippen LogP contribution in [0.4, 0.5) is 5.82 Å². The number of aryl methyl sites for hydroxylation is 1. The van der Waals surface area contributed by atoms with Gasteiger partial charge < -0.3 is 5.32 Å². The molecule has 0 aliphatic carbocycles. The third-order valence-corrected chi connectivity index (χ3v) is 4.60. The van der Waals surface area contributed by atoms with Gasteiger partial charge in [0.1, 0.15) is 5.54 Å². The molecule has 0 aliphatic rings. The van der Waals surface area contributed by atoms with Crippen LogP contribution in [-0.2, 0) is 16.9 Å². The second-order valence-electron chi connectivity index (χ2n) is 6.57. The van der Waals surface area contributed by atoms with Gasteiger partial charge in [-0.2, -0.15) is 10.2 Å². The Balaban J connectivity index is 1.74. The van der Waals surface area contributed by atoms with E-state index in [9.17, 15) is 4.79 Å². The van der Waals surface area contributed by atoms with Crippen LogP contribution >= 0.6 is 23.2 Å². The molecule has 1 N–H and O–H groups in total. The number of carbonyl (C=O) groups is 1. The highest BCUT2D eigenvalue weighted by molar-refractivity contribution is 6.30. The fourth-order valence-corrected chi connectivity index (χ4v) is 2.74. The lowest BCUT2D eigenvalue weighted by molar-refractivity contribution is -0.123. The minimum Gasteiger partial charge on any atom is -0.307 e. The van der Waals surface area contributed by atoms with Gasteiger partial charge in [0, 0.05) is 23.0 Å². The van der Waals surface area contributed by atoms with Crippen LogP contribution in [0.15, 0.2) is 42.7 Å². The van der Waals surface area contributed by atoms with E-state index in [1.165, 1.54) is 10.9 Å². The monoisotopic (exact) mass is 391 g/mol. The van der Waals surface area contributed by atoms with E-state index in [2.05, 4.69) is 15.5 Å². The first kappa shape index (κ1) is 18.5. The highest BCUT2D eigenvalue weighted by Crippen LogP contribution is 2.20. The number of benzene rings is 1. The van der Waals surface area contributed by atoms with Gasteiger partial charge in [-0.05, 0) is 38.5 Å². The predicted molar refractivity (Wildman–Crippen MR) is 103 cm³/mol. The van der Waals surface area contributed by atoms with E-state index < -0.39 is 5.54 Å². The van der Waals surface area contributed by atoms with Crippen molar-refractivity contribution in [2.45, 2.75) is 32.9 Å². The SMILES string of the molecule is Cc1cc(NC(=O)C(C)(C)n2cc(Cl)cn2)nn1Cc1ccc(Cl)cc1. The Morgan fingerprint density at radius 1 is 1.19 bits per heavy atom. The highest BCUT2D eigenvalue weighted by atomic mass is 35.5. The van der Waals surface area contributed by atoms with Gasteiger partial charge in [-0.15, -0.1) is 0 Å². The maximum Gasteiger partial charge on any atom is 0.252 e. The first-order valence-electron chi connectivity index (χ1n) is 8.07. The van der Waals surface area contributed by atoms with Crippen molar-refractivity contribution in [3.8, 4) is 0 Å². The predicted octanol–water partition coefficient (Wildman–Crippen LogP) is 4.12. The molecule has 3 rings (SSSR count). The summed E-state index contributed by atoms with van der Waals surface area (Å²) in [7, 11) is 0. The lowest BCUT2D eigenvalue weighted by atomic mass is 10.1. The van der Waals surface area contributed by atoms with E-state index in [0.29, 0.717) is 22.4 Å². The summed E-state index contributed by atoms with van der Waals surface area (Å²) in [6.07, 6.45) is 3.12. The Bertz CT molecular complexity index is 927. The zero-order chi connectivity index (χ0) is 18.9. The van der Waals surface area contributed by atoms with Gasteiger partial charge in [0.15, 0.2) is 5.82 Å². The van der Waals surface area contributed by atoms with Crippen molar-refractivity contribution in [3.05, 3.63) is 64.0 Å². The van der Waals surface area contributed by atoms with Crippen LogP contribution in [0, 0.1) is 6.92 Å². The van der Waals surface area contributed by atoms with Gasteiger partial charge >= 0.3 is 0 Å². The normalized spacial score (nSPS) is 11.6. The molecule has 0 unspecified atom stereocenters. The average Bonchev–Trinajstić information content (AvgIpc) is 3.16. The second kappa shape index (κ2) is 7.13. The summed E-state index contributed by atoms with van der Waals surface area (Å²) in [5, 5.41) is 12.6. The maximum absolute atomic E-state index is 12.7. The summed E-state index contributed by atoms with van der Waals surface area (Å²) in [6, 6.07) is 9.42. The van der Waals surface area contributed by atoms with E-state index in [0.717, 1.165) is 11.3 Å². The Kier molecular flexibility index (Phi) is 5.07. The quantitative estimate of drug-likeness (QED) is 0.711. The van der Waals surface area contributed by atoms with Crippen molar-refractivity contribution in [2.75, 3.05) is 5.32 Å². The standard InChI is InChI=1S/C18H19Cl2N5O/c1-12-8-16(23-24(12)10-13-4-6-14(19)7-5-13)22-17(26)18(2,3)25-11-15(20)9-21-25/h4-9,11H,10H2,1-3H3,(H,22,23,26). The van der Waals surface area contributed by atoms with E-state index in [1.807, 2.05) is 41.9 Å². The summed E-state index contributed by atoms with van der Waals surface area (Å²) in [4.78, 5) is 12.7. The van der Waals surface area contributed by atoms with Crippen LogP contribution < -0.4 is 5.32 Å². The molecule has 8 heteroatoms. The maximum atomic E-state index is 12.7. The number of rotatable bonds is 5. The molecule has 0 saturated heterocycles. The van der Waals surface area contributed by atoms with Crippen molar-refractivity contribution in [1.82, 2.24) is 19.6 Å².